The first kappa shape index (κ1) is 16.9. The molecular formula is C18H17ClN2O2S. The molecule has 1 aromatic heterocycles. The Morgan fingerprint density at radius 2 is 1.88 bits per heavy atom. The number of pyridine rings is 1. The van der Waals surface area contributed by atoms with Crippen LogP contribution in [-0.2, 0) is 10.0 Å². The van der Waals surface area contributed by atoms with E-state index >= 15 is 0 Å². The Labute approximate surface area is 146 Å². The summed E-state index contributed by atoms with van der Waals surface area (Å²) in [5.74, 6) is 0. The molecule has 1 unspecified atom stereocenters. The maximum Gasteiger partial charge on any atom is 0.243 e. The molecule has 0 radical (unpaired) electrons. The fraction of sp³-hybridized carbons (Fsp3) is 0.167. The van der Waals surface area contributed by atoms with E-state index in [1.807, 2.05) is 25.1 Å². The van der Waals surface area contributed by atoms with Gasteiger partial charge in [-0.2, -0.15) is 0 Å². The van der Waals surface area contributed by atoms with Gasteiger partial charge in [-0.05, 0) is 49.2 Å². The molecule has 1 atom stereocenters. The highest BCUT2D eigenvalue weighted by molar-refractivity contribution is 7.89. The zero-order chi connectivity index (χ0) is 17.3. The van der Waals surface area contributed by atoms with Gasteiger partial charge in [0.15, 0.2) is 0 Å². The molecule has 0 fully saturated rings. The Morgan fingerprint density at radius 3 is 2.62 bits per heavy atom. The number of aryl methyl sites for hydroxylation is 1. The van der Waals surface area contributed by atoms with Crippen LogP contribution in [0.15, 0.2) is 59.6 Å². The first-order valence-corrected chi connectivity index (χ1v) is 9.36. The quantitative estimate of drug-likeness (QED) is 0.757. The Balaban J connectivity index is 1.99. The van der Waals surface area contributed by atoms with E-state index in [-0.39, 0.29) is 4.90 Å². The lowest BCUT2D eigenvalue weighted by molar-refractivity contribution is 0.567. The number of sulfonamides is 1. The van der Waals surface area contributed by atoms with Crippen molar-refractivity contribution in [1.29, 1.82) is 0 Å². The lowest BCUT2D eigenvalue weighted by atomic mass is 10.1. The summed E-state index contributed by atoms with van der Waals surface area (Å²) in [5.41, 5.74) is 2.25. The van der Waals surface area contributed by atoms with Crippen LogP contribution in [0.3, 0.4) is 0 Å². The van der Waals surface area contributed by atoms with Gasteiger partial charge in [-0.1, -0.05) is 35.9 Å². The second-order valence-electron chi connectivity index (χ2n) is 5.74. The molecule has 1 heterocycles. The van der Waals surface area contributed by atoms with Crippen molar-refractivity contribution in [2.24, 2.45) is 0 Å². The van der Waals surface area contributed by atoms with Gasteiger partial charge in [0.25, 0.3) is 0 Å². The van der Waals surface area contributed by atoms with Gasteiger partial charge in [0.1, 0.15) is 4.90 Å². The molecule has 3 rings (SSSR count). The summed E-state index contributed by atoms with van der Waals surface area (Å²) in [4.78, 5) is 4.48. The number of fused-ring (bicyclic) bond motifs is 1. The first-order valence-electron chi connectivity index (χ1n) is 7.50. The van der Waals surface area contributed by atoms with E-state index in [0.717, 1.165) is 16.5 Å². The van der Waals surface area contributed by atoms with Crippen molar-refractivity contribution < 1.29 is 8.42 Å². The minimum atomic E-state index is -3.72. The van der Waals surface area contributed by atoms with E-state index < -0.39 is 16.1 Å². The van der Waals surface area contributed by atoms with Crippen LogP contribution in [-0.4, -0.2) is 13.4 Å². The van der Waals surface area contributed by atoms with Crippen LogP contribution in [0.4, 0.5) is 0 Å². The number of nitrogens with zero attached hydrogens (tertiary/aromatic N) is 1. The molecule has 2 aromatic carbocycles. The van der Waals surface area contributed by atoms with Crippen molar-refractivity contribution in [3.8, 4) is 0 Å². The number of hydrogen-bond acceptors (Lipinski definition) is 3. The molecule has 3 aromatic rings. The van der Waals surface area contributed by atoms with Crippen LogP contribution >= 0.6 is 11.6 Å². The van der Waals surface area contributed by atoms with Crippen molar-refractivity contribution in [2.75, 3.05) is 0 Å². The molecule has 1 N–H and O–H groups in total. The van der Waals surface area contributed by atoms with Crippen molar-refractivity contribution in [3.63, 3.8) is 0 Å². The molecule has 0 aliphatic rings. The van der Waals surface area contributed by atoms with Crippen molar-refractivity contribution in [3.05, 3.63) is 70.9 Å². The van der Waals surface area contributed by atoms with Crippen LogP contribution in [0.25, 0.3) is 10.9 Å². The Hall–Kier alpha value is -1.95. The summed E-state index contributed by atoms with van der Waals surface area (Å²) in [6, 6.07) is 13.8. The average Bonchev–Trinajstić information content (AvgIpc) is 2.53. The zero-order valence-corrected chi connectivity index (χ0v) is 14.9. The predicted octanol–water partition coefficient (Wildman–Crippen LogP) is 4.24. The molecule has 0 spiro atoms. The molecule has 0 saturated heterocycles. The Kier molecular flexibility index (Phi) is 4.58. The largest absolute Gasteiger partial charge is 0.255 e. The van der Waals surface area contributed by atoms with Gasteiger partial charge in [0, 0.05) is 22.6 Å². The third-order valence-corrected chi connectivity index (χ3v) is 5.59. The number of para-hydroxylation sites is 1. The number of benzene rings is 2. The lowest BCUT2D eigenvalue weighted by Crippen LogP contribution is -2.27. The predicted molar refractivity (Wildman–Crippen MR) is 96.7 cm³/mol. The molecule has 0 amide bonds. The second-order valence-corrected chi connectivity index (χ2v) is 7.86. The highest BCUT2D eigenvalue weighted by Gasteiger charge is 2.21. The maximum atomic E-state index is 12.8. The maximum absolute atomic E-state index is 12.8. The van der Waals surface area contributed by atoms with E-state index in [2.05, 4.69) is 9.71 Å². The van der Waals surface area contributed by atoms with Crippen molar-refractivity contribution >= 4 is 32.5 Å². The normalized spacial score (nSPS) is 13.1. The molecule has 6 heteroatoms. The number of aromatic nitrogens is 1. The summed E-state index contributed by atoms with van der Waals surface area (Å²) in [7, 11) is -3.72. The topological polar surface area (TPSA) is 59.1 Å². The average molecular weight is 361 g/mol. The monoisotopic (exact) mass is 360 g/mol. The molecule has 0 aliphatic carbocycles. The minimum Gasteiger partial charge on any atom is -0.255 e. The molecule has 0 aliphatic heterocycles. The standard InChI is InChI=1S/C18H17ClN2O2S/c1-12-9-15-6-4-8-17(18(15)20-11-12)24(22,23)21-13(2)14-5-3-7-16(19)10-14/h3-11,13,21H,1-2H3. The van der Waals surface area contributed by atoms with Crippen molar-refractivity contribution in [1.82, 2.24) is 9.71 Å². The number of halogens is 1. The molecule has 0 saturated carbocycles. The van der Waals surface area contributed by atoms with E-state index in [9.17, 15) is 8.42 Å². The molecule has 124 valence electrons. The minimum absolute atomic E-state index is 0.175. The lowest BCUT2D eigenvalue weighted by Gasteiger charge is -2.16. The highest BCUT2D eigenvalue weighted by Crippen LogP contribution is 2.24. The second kappa shape index (κ2) is 6.51. The number of rotatable bonds is 4. The summed E-state index contributed by atoms with van der Waals surface area (Å²) in [6.45, 7) is 3.71. The SMILES string of the molecule is Cc1cnc2c(S(=O)(=O)NC(C)c3cccc(Cl)c3)cccc2c1. The fourth-order valence-electron chi connectivity index (χ4n) is 2.60. The first-order chi connectivity index (χ1) is 11.4. The summed E-state index contributed by atoms with van der Waals surface area (Å²) in [6.07, 6.45) is 1.67. The molecular weight excluding hydrogens is 344 g/mol. The van der Waals surface area contributed by atoms with E-state index in [0.29, 0.717) is 10.5 Å². The van der Waals surface area contributed by atoms with Gasteiger partial charge < -0.3 is 0 Å². The smallest absolute Gasteiger partial charge is 0.243 e. The molecule has 0 bridgehead atoms. The number of nitrogens with one attached hydrogen (secondary N) is 1. The summed E-state index contributed by atoms with van der Waals surface area (Å²) in [5, 5.41) is 1.37. The van der Waals surface area contributed by atoms with E-state index in [1.165, 1.54) is 0 Å². The van der Waals surface area contributed by atoms with Crippen LogP contribution in [0.1, 0.15) is 24.1 Å². The number of hydrogen-bond donors (Lipinski definition) is 1. The van der Waals surface area contributed by atoms with Gasteiger partial charge >= 0.3 is 0 Å². The zero-order valence-electron chi connectivity index (χ0n) is 13.3. The van der Waals surface area contributed by atoms with Crippen LogP contribution in [0.5, 0.6) is 0 Å². The van der Waals surface area contributed by atoms with E-state index in [1.54, 1.807) is 43.5 Å². The van der Waals surface area contributed by atoms with Gasteiger partial charge in [-0.25, -0.2) is 13.1 Å². The van der Waals surface area contributed by atoms with Gasteiger partial charge in [-0.3, -0.25) is 4.98 Å². The highest BCUT2D eigenvalue weighted by atomic mass is 35.5. The van der Waals surface area contributed by atoms with Crippen LogP contribution in [0.2, 0.25) is 5.02 Å². The van der Waals surface area contributed by atoms with Crippen LogP contribution in [0, 0.1) is 6.92 Å². The fourth-order valence-corrected chi connectivity index (χ4v) is 4.21. The van der Waals surface area contributed by atoms with E-state index in [4.69, 9.17) is 11.6 Å². The third kappa shape index (κ3) is 3.43. The summed E-state index contributed by atoms with van der Waals surface area (Å²) >= 11 is 5.98. The van der Waals surface area contributed by atoms with Crippen LogP contribution < -0.4 is 4.72 Å². The van der Waals surface area contributed by atoms with Gasteiger partial charge in [-0.15, -0.1) is 0 Å². The van der Waals surface area contributed by atoms with Gasteiger partial charge in [0.2, 0.25) is 10.0 Å². The Morgan fingerprint density at radius 1 is 1.12 bits per heavy atom. The Bertz CT molecular complexity index is 1000. The van der Waals surface area contributed by atoms with Crippen molar-refractivity contribution in [2.45, 2.75) is 24.8 Å². The molecule has 24 heavy (non-hydrogen) atoms. The summed E-state index contributed by atoms with van der Waals surface area (Å²) < 4.78 is 28.3. The molecule has 4 nitrogen and oxygen atoms in total. The van der Waals surface area contributed by atoms with Gasteiger partial charge in [0.05, 0.1) is 5.52 Å². The third-order valence-electron chi connectivity index (χ3n) is 3.78.